The number of primary amides is 1. The van der Waals surface area contributed by atoms with Crippen LogP contribution in [-0.2, 0) is 9.84 Å². The SMILES string of the molecule is NC(=O)c1cccc(NC(=O)c2ccc(S(=O)(=O)C(F)(F)F)cc2)c1. The number of sulfone groups is 1. The van der Waals surface area contributed by atoms with E-state index in [-0.39, 0.29) is 16.8 Å². The minimum Gasteiger partial charge on any atom is -0.366 e. The number of carbonyl (C=O) groups is 2. The summed E-state index contributed by atoms with van der Waals surface area (Å²) in [7, 11) is -5.48. The van der Waals surface area contributed by atoms with Gasteiger partial charge in [-0.05, 0) is 42.5 Å². The third kappa shape index (κ3) is 3.97. The van der Waals surface area contributed by atoms with Crippen LogP contribution in [0.15, 0.2) is 53.4 Å². The fourth-order valence-corrected chi connectivity index (χ4v) is 2.63. The quantitative estimate of drug-likeness (QED) is 0.859. The molecule has 2 aromatic rings. The van der Waals surface area contributed by atoms with E-state index in [4.69, 9.17) is 5.73 Å². The first kappa shape index (κ1) is 18.5. The third-order valence-electron chi connectivity index (χ3n) is 3.14. The molecule has 0 bridgehead atoms. The van der Waals surface area contributed by atoms with E-state index in [2.05, 4.69) is 5.32 Å². The van der Waals surface area contributed by atoms with Gasteiger partial charge < -0.3 is 11.1 Å². The Labute approximate surface area is 140 Å². The van der Waals surface area contributed by atoms with Crippen LogP contribution in [0, 0.1) is 0 Å². The molecule has 0 aromatic heterocycles. The number of benzene rings is 2. The molecule has 0 spiro atoms. The molecule has 0 fully saturated rings. The topological polar surface area (TPSA) is 106 Å². The Balaban J connectivity index is 2.22. The second-order valence-corrected chi connectivity index (χ2v) is 6.81. The molecule has 0 saturated heterocycles. The molecule has 0 aliphatic rings. The molecule has 25 heavy (non-hydrogen) atoms. The lowest BCUT2D eigenvalue weighted by molar-refractivity contribution is -0.0436. The maximum absolute atomic E-state index is 12.5. The third-order valence-corrected chi connectivity index (χ3v) is 4.64. The van der Waals surface area contributed by atoms with Gasteiger partial charge >= 0.3 is 5.51 Å². The summed E-state index contributed by atoms with van der Waals surface area (Å²) >= 11 is 0. The van der Waals surface area contributed by atoms with Gasteiger partial charge in [0.2, 0.25) is 5.91 Å². The lowest BCUT2D eigenvalue weighted by Crippen LogP contribution is -2.23. The van der Waals surface area contributed by atoms with Crippen LogP contribution >= 0.6 is 0 Å². The number of nitrogens with one attached hydrogen (secondary N) is 1. The zero-order valence-electron chi connectivity index (χ0n) is 12.4. The molecule has 2 rings (SSSR count). The van der Waals surface area contributed by atoms with Gasteiger partial charge in [-0.2, -0.15) is 13.2 Å². The molecule has 0 saturated carbocycles. The van der Waals surface area contributed by atoms with Crippen molar-refractivity contribution < 1.29 is 31.2 Å². The number of nitrogens with two attached hydrogens (primary N) is 1. The molecule has 0 atom stereocenters. The molecule has 10 heteroatoms. The summed E-state index contributed by atoms with van der Waals surface area (Å²) in [5.74, 6) is -1.39. The Kier molecular flexibility index (Phi) is 4.84. The summed E-state index contributed by atoms with van der Waals surface area (Å²) in [5.41, 5.74) is 0.0284. The number of amides is 2. The Hall–Kier alpha value is -2.88. The number of alkyl halides is 3. The van der Waals surface area contributed by atoms with Gasteiger partial charge in [0.1, 0.15) is 0 Å². The van der Waals surface area contributed by atoms with Gasteiger partial charge in [-0.25, -0.2) is 8.42 Å². The number of rotatable bonds is 4. The van der Waals surface area contributed by atoms with E-state index in [1.54, 1.807) is 0 Å². The predicted octanol–water partition coefficient (Wildman–Crippen LogP) is 2.33. The lowest BCUT2D eigenvalue weighted by Gasteiger charge is -2.09. The molecular weight excluding hydrogens is 361 g/mol. The van der Waals surface area contributed by atoms with Gasteiger partial charge in [0, 0.05) is 16.8 Å². The van der Waals surface area contributed by atoms with Crippen LogP contribution in [0.25, 0.3) is 0 Å². The van der Waals surface area contributed by atoms with Crippen molar-refractivity contribution >= 4 is 27.3 Å². The normalized spacial score (nSPS) is 11.8. The van der Waals surface area contributed by atoms with Gasteiger partial charge in [-0.15, -0.1) is 0 Å². The fourth-order valence-electron chi connectivity index (χ4n) is 1.87. The van der Waals surface area contributed by atoms with Crippen molar-refractivity contribution in [1.29, 1.82) is 0 Å². The van der Waals surface area contributed by atoms with Gasteiger partial charge in [-0.3, -0.25) is 9.59 Å². The molecule has 2 aromatic carbocycles. The maximum atomic E-state index is 12.5. The van der Waals surface area contributed by atoms with Gasteiger partial charge in [0.15, 0.2) is 0 Å². The Bertz CT molecular complexity index is 923. The van der Waals surface area contributed by atoms with Crippen LogP contribution < -0.4 is 11.1 Å². The number of halogens is 3. The number of hydrogen-bond donors (Lipinski definition) is 2. The maximum Gasteiger partial charge on any atom is 0.501 e. The minimum atomic E-state index is -5.48. The molecule has 2 amide bonds. The van der Waals surface area contributed by atoms with Crippen molar-refractivity contribution in [1.82, 2.24) is 0 Å². The zero-order chi connectivity index (χ0) is 18.8. The molecule has 0 aliphatic heterocycles. The Morgan fingerprint density at radius 1 is 0.960 bits per heavy atom. The Morgan fingerprint density at radius 3 is 2.08 bits per heavy atom. The summed E-state index contributed by atoms with van der Waals surface area (Å²) in [6, 6.07) is 9.01. The van der Waals surface area contributed by atoms with Crippen molar-refractivity contribution in [2.45, 2.75) is 10.4 Å². The lowest BCUT2D eigenvalue weighted by atomic mass is 10.1. The van der Waals surface area contributed by atoms with Crippen LogP contribution in [0.5, 0.6) is 0 Å². The number of anilines is 1. The summed E-state index contributed by atoms with van der Waals surface area (Å²) in [6.07, 6.45) is 0. The average molecular weight is 372 g/mol. The molecule has 3 N–H and O–H groups in total. The monoisotopic (exact) mass is 372 g/mol. The standard InChI is InChI=1S/C15H11F3N2O4S/c16-15(17,18)25(23,24)12-6-4-9(5-7-12)14(22)20-11-3-1-2-10(8-11)13(19)21/h1-8H,(H2,19,21)(H,20,22). The van der Waals surface area contributed by atoms with Crippen LogP contribution in [0.4, 0.5) is 18.9 Å². The van der Waals surface area contributed by atoms with Crippen molar-refractivity contribution in [3.8, 4) is 0 Å². The van der Waals surface area contributed by atoms with Crippen molar-refractivity contribution in [3.63, 3.8) is 0 Å². The average Bonchev–Trinajstić information content (AvgIpc) is 2.54. The van der Waals surface area contributed by atoms with Crippen molar-refractivity contribution in [2.24, 2.45) is 5.73 Å². The summed E-state index contributed by atoms with van der Waals surface area (Å²) < 4.78 is 59.9. The minimum absolute atomic E-state index is 0.0643. The fraction of sp³-hybridized carbons (Fsp3) is 0.0667. The number of carbonyl (C=O) groups excluding carboxylic acids is 2. The first-order valence-electron chi connectivity index (χ1n) is 6.65. The largest absolute Gasteiger partial charge is 0.501 e. The number of hydrogen-bond acceptors (Lipinski definition) is 4. The highest BCUT2D eigenvalue weighted by atomic mass is 32.2. The van der Waals surface area contributed by atoms with Crippen molar-refractivity contribution in [2.75, 3.05) is 5.32 Å². The van der Waals surface area contributed by atoms with Crippen LogP contribution in [0.1, 0.15) is 20.7 Å². The van der Waals surface area contributed by atoms with E-state index in [0.717, 1.165) is 12.1 Å². The van der Waals surface area contributed by atoms with E-state index in [9.17, 15) is 31.2 Å². The second-order valence-electron chi connectivity index (χ2n) is 4.87. The highest BCUT2D eigenvalue weighted by molar-refractivity contribution is 7.92. The molecule has 0 aliphatic carbocycles. The van der Waals surface area contributed by atoms with E-state index in [1.807, 2.05) is 0 Å². The van der Waals surface area contributed by atoms with Gasteiger partial charge in [0.25, 0.3) is 15.7 Å². The van der Waals surface area contributed by atoms with Crippen LogP contribution in [0.3, 0.4) is 0 Å². The molecule has 132 valence electrons. The molecule has 0 heterocycles. The van der Waals surface area contributed by atoms with E-state index >= 15 is 0 Å². The van der Waals surface area contributed by atoms with Gasteiger partial charge in [-0.1, -0.05) is 6.07 Å². The highest BCUT2D eigenvalue weighted by Gasteiger charge is 2.46. The van der Waals surface area contributed by atoms with Crippen molar-refractivity contribution in [3.05, 3.63) is 59.7 Å². The summed E-state index contributed by atoms with van der Waals surface area (Å²) in [6.45, 7) is 0. The summed E-state index contributed by atoms with van der Waals surface area (Å²) in [5, 5.41) is 2.42. The molecular formula is C15H11F3N2O4S. The molecule has 6 nitrogen and oxygen atoms in total. The van der Waals surface area contributed by atoms with E-state index in [0.29, 0.717) is 12.1 Å². The van der Waals surface area contributed by atoms with Crippen LogP contribution in [0.2, 0.25) is 0 Å². The van der Waals surface area contributed by atoms with E-state index in [1.165, 1.54) is 24.3 Å². The summed E-state index contributed by atoms with van der Waals surface area (Å²) in [4.78, 5) is 22.2. The molecule has 0 unspecified atom stereocenters. The smallest absolute Gasteiger partial charge is 0.366 e. The first-order valence-corrected chi connectivity index (χ1v) is 8.13. The highest BCUT2D eigenvalue weighted by Crippen LogP contribution is 2.30. The van der Waals surface area contributed by atoms with E-state index < -0.39 is 32.1 Å². The Morgan fingerprint density at radius 2 is 1.56 bits per heavy atom. The zero-order valence-corrected chi connectivity index (χ0v) is 13.2. The molecule has 0 radical (unpaired) electrons. The first-order chi connectivity index (χ1) is 11.5. The van der Waals surface area contributed by atoms with Crippen LogP contribution in [-0.4, -0.2) is 25.7 Å². The predicted molar refractivity (Wildman–Crippen MR) is 82.6 cm³/mol. The second kappa shape index (κ2) is 6.55. The van der Waals surface area contributed by atoms with Gasteiger partial charge in [0.05, 0.1) is 4.90 Å².